The van der Waals surface area contributed by atoms with E-state index in [0.717, 1.165) is 33.4 Å². The van der Waals surface area contributed by atoms with Gasteiger partial charge in [-0.2, -0.15) is 0 Å². The Hall–Kier alpha value is -2.24. The molecule has 0 radical (unpaired) electrons. The summed E-state index contributed by atoms with van der Waals surface area (Å²) in [5.74, 6) is -0.372. The van der Waals surface area contributed by atoms with Crippen molar-refractivity contribution in [3.63, 3.8) is 0 Å². The molecule has 0 spiro atoms. The number of nitrogens with two attached hydrogens (primary N) is 1. The number of fused-ring (bicyclic) bond motifs is 1. The molecule has 3 aromatic rings. The minimum Gasteiger partial charge on any atom is -0.329 e. The molecule has 1 amide bonds. The highest BCUT2D eigenvalue weighted by Gasteiger charge is 2.21. The predicted octanol–water partition coefficient (Wildman–Crippen LogP) is 2.71. The largest absolute Gasteiger partial charge is 0.329 e. The Morgan fingerprint density at radius 3 is 2.95 bits per heavy atom. The average Bonchev–Trinajstić information content (AvgIpc) is 3.02. The third-order valence-electron chi connectivity index (χ3n) is 3.44. The van der Waals surface area contributed by atoms with E-state index in [-0.39, 0.29) is 11.8 Å². The van der Waals surface area contributed by atoms with Crippen LogP contribution in [-0.2, 0) is 4.79 Å². The first-order chi connectivity index (χ1) is 10.3. The van der Waals surface area contributed by atoms with E-state index >= 15 is 0 Å². The zero-order valence-corrected chi connectivity index (χ0v) is 12.3. The number of benzene rings is 1. The summed E-state index contributed by atoms with van der Waals surface area (Å²) in [5.41, 5.74) is 7.51. The molecule has 0 aliphatic rings. The smallest absolute Gasteiger partial charge is 0.233 e. The van der Waals surface area contributed by atoms with Gasteiger partial charge in [0, 0.05) is 35.6 Å². The highest BCUT2D eigenvalue weighted by atomic mass is 32.1. The van der Waals surface area contributed by atoms with Crippen molar-refractivity contribution in [2.24, 2.45) is 5.73 Å². The Labute approximate surface area is 126 Å². The first kappa shape index (κ1) is 13.7. The van der Waals surface area contributed by atoms with Crippen LogP contribution in [0, 0.1) is 0 Å². The number of hydrogen-bond acceptors (Lipinski definition) is 3. The monoisotopic (exact) mass is 298 g/mol. The Balaban J connectivity index is 1.82. The van der Waals surface area contributed by atoms with Crippen LogP contribution < -0.4 is 11.1 Å². The van der Waals surface area contributed by atoms with Gasteiger partial charge in [-0.05, 0) is 41.0 Å². The molecule has 1 aromatic carbocycles. The molecule has 3 N–H and O–H groups in total. The molecule has 1 unspecified atom stereocenters. The number of rotatable bonds is 4. The van der Waals surface area contributed by atoms with Gasteiger partial charge in [-0.15, -0.1) is 0 Å². The summed E-state index contributed by atoms with van der Waals surface area (Å²) in [4.78, 5) is 16.5. The maximum atomic E-state index is 12.4. The van der Waals surface area contributed by atoms with Gasteiger partial charge in [0.2, 0.25) is 5.91 Å². The number of nitrogens with zero attached hydrogens (tertiary/aromatic N) is 1. The van der Waals surface area contributed by atoms with Crippen LogP contribution >= 0.6 is 11.3 Å². The molecule has 106 valence electrons. The molecule has 4 nitrogen and oxygen atoms in total. The van der Waals surface area contributed by atoms with Gasteiger partial charge in [-0.25, -0.2) is 0 Å². The van der Waals surface area contributed by atoms with Crippen LogP contribution in [-0.4, -0.2) is 17.4 Å². The van der Waals surface area contributed by atoms with Crippen molar-refractivity contribution in [3.05, 3.63) is 59.0 Å². The first-order valence-corrected chi connectivity index (χ1v) is 7.72. The van der Waals surface area contributed by atoms with Crippen LogP contribution in [0.25, 0.3) is 10.8 Å². The number of nitrogens with one attached hydrogen (secondary N) is 1. The summed E-state index contributed by atoms with van der Waals surface area (Å²) in [7, 11) is 0. The molecule has 5 heteroatoms. The number of amides is 1. The lowest BCUT2D eigenvalue weighted by molar-refractivity contribution is -0.117. The highest BCUT2D eigenvalue weighted by molar-refractivity contribution is 7.08. The van der Waals surface area contributed by atoms with Gasteiger partial charge in [0.1, 0.15) is 10.8 Å². The Morgan fingerprint density at radius 1 is 1.29 bits per heavy atom. The standard InChI is InChI=1S/C16H15N3OS/c17-8-15(13-4-6-21-10-13)16(20)19-14-2-1-12-9-18-5-3-11(12)7-14/h1-7,9-10,15H,8,17H2,(H,19,20)/p+1. The Kier molecular flexibility index (Phi) is 3.94. The molecule has 21 heavy (non-hydrogen) atoms. The van der Waals surface area contributed by atoms with Gasteiger partial charge in [0.05, 0.1) is 5.92 Å². The second-order valence-electron chi connectivity index (χ2n) is 4.81. The van der Waals surface area contributed by atoms with E-state index in [1.165, 1.54) is 0 Å². The quantitative estimate of drug-likeness (QED) is 0.728. The number of anilines is 1. The Morgan fingerprint density at radius 2 is 2.19 bits per heavy atom. The van der Waals surface area contributed by atoms with E-state index in [1.54, 1.807) is 12.4 Å². The minimum atomic E-state index is -0.301. The van der Waals surface area contributed by atoms with Crippen molar-refractivity contribution in [2.75, 3.05) is 11.9 Å². The number of aromatic nitrogens is 1. The predicted molar refractivity (Wildman–Crippen MR) is 87.9 cm³/mol. The van der Waals surface area contributed by atoms with Crippen LogP contribution in [0.2, 0.25) is 0 Å². The SMILES string of the molecule is NCC(C(=O)Nc1ccc2cnccc2c1)c1cc[sH+]c1. The zero-order chi connectivity index (χ0) is 14.7. The van der Waals surface area contributed by atoms with Crippen molar-refractivity contribution in [1.82, 2.24) is 4.98 Å². The lowest BCUT2D eigenvalue weighted by atomic mass is 10.0. The van der Waals surface area contributed by atoms with Crippen LogP contribution in [0.3, 0.4) is 0 Å². The molecule has 0 bridgehead atoms. The van der Waals surface area contributed by atoms with Crippen molar-refractivity contribution in [2.45, 2.75) is 5.92 Å². The van der Waals surface area contributed by atoms with Crippen LogP contribution in [0.4, 0.5) is 5.69 Å². The molecular formula is C16H16N3OS+. The van der Waals surface area contributed by atoms with Gasteiger partial charge in [0.25, 0.3) is 0 Å². The molecule has 0 aliphatic heterocycles. The summed E-state index contributed by atoms with van der Waals surface area (Å²) >= 11 is 1.11. The molecule has 2 aromatic heterocycles. The molecule has 0 aliphatic carbocycles. The summed E-state index contributed by atoms with van der Waals surface area (Å²) in [6.07, 6.45) is 3.54. The summed E-state index contributed by atoms with van der Waals surface area (Å²) in [5, 5.41) is 9.06. The number of pyridine rings is 1. The van der Waals surface area contributed by atoms with Crippen molar-refractivity contribution in [1.29, 1.82) is 0 Å². The van der Waals surface area contributed by atoms with Crippen molar-refractivity contribution < 1.29 is 4.79 Å². The highest BCUT2D eigenvalue weighted by Crippen LogP contribution is 2.22. The molecule has 0 saturated heterocycles. The summed E-state index contributed by atoms with van der Waals surface area (Å²) < 4.78 is 0. The zero-order valence-electron chi connectivity index (χ0n) is 11.4. The van der Waals surface area contributed by atoms with E-state index < -0.39 is 0 Å². The molecule has 1 atom stereocenters. The lowest BCUT2D eigenvalue weighted by Gasteiger charge is -2.13. The average molecular weight is 298 g/mol. The maximum absolute atomic E-state index is 12.4. The van der Waals surface area contributed by atoms with E-state index in [0.29, 0.717) is 6.54 Å². The second-order valence-corrected chi connectivity index (χ2v) is 5.66. The van der Waals surface area contributed by atoms with Gasteiger partial charge >= 0.3 is 0 Å². The van der Waals surface area contributed by atoms with E-state index in [1.807, 2.05) is 41.1 Å². The summed E-state index contributed by atoms with van der Waals surface area (Å²) in [6.45, 7) is 0.301. The Bertz CT molecular complexity index is 755. The fourth-order valence-corrected chi connectivity index (χ4v) is 3.07. The van der Waals surface area contributed by atoms with Gasteiger partial charge in [-0.3, -0.25) is 9.78 Å². The van der Waals surface area contributed by atoms with Gasteiger partial charge < -0.3 is 11.1 Å². The summed E-state index contributed by atoms with van der Waals surface area (Å²) in [6, 6.07) is 9.66. The van der Waals surface area contributed by atoms with E-state index in [4.69, 9.17) is 5.73 Å². The second kappa shape index (κ2) is 6.03. The topological polar surface area (TPSA) is 68.0 Å². The number of thiophene rings is 1. The number of carbonyl (C=O) groups is 1. The first-order valence-electron chi connectivity index (χ1n) is 6.69. The lowest BCUT2D eigenvalue weighted by Crippen LogP contribution is -2.27. The number of carbonyl (C=O) groups excluding carboxylic acids is 1. The third kappa shape index (κ3) is 2.94. The van der Waals surface area contributed by atoms with E-state index in [9.17, 15) is 4.79 Å². The maximum Gasteiger partial charge on any atom is 0.233 e. The molecule has 3 rings (SSSR count). The fourth-order valence-electron chi connectivity index (χ4n) is 2.29. The van der Waals surface area contributed by atoms with Crippen LogP contribution in [0.15, 0.2) is 53.5 Å². The third-order valence-corrected chi connectivity index (χ3v) is 4.21. The molecular weight excluding hydrogens is 282 g/mol. The van der Waals surface area contributed by atoms with Gasteiger partial charge in [0.15, 0.2) is 0 Å². The van der Waals surface area contributed by atoms with Crippen molar-refractivity contribution >= 4 is 33.7 Å². The minimum absolute atomic E-state index is 0.0705. The van der Waals surface area contributed by atoms with E-state index in [2.05, 4.69) is 10.3 Å². The normalized spacial score (nSPS) is 12.2. The van der Waals surface area contributed by atoms with Crippen LogP contribution in [0.1, 0.15) is 11.5 Å². The van der Waals surface area contributed by atoms with Crippen LogP contribution in [0.5, 0.6) is 0 Å². The number of hydrogen-bond donors (Lipinski definition) is 2. The molecule has 0 fully saturated rings. The van der Waals surface area contributed by atoms with Crippen molar-refractivity contribution in [3.8, 4) is 0 Å². The molecule has 2 heterocycles. The molecule has 0 saturated carbocycles. The van der Waals surface area contributed by atoms with Gasteiger partial charge in [-0.1, -0.05) is 6.07 Å². The fraction of sp³-hybridized carbons (Fsp3) is 0.125.